The highest BCUT2D eigenvalue weighted by Gasteiger charge is 2.10. The van der Waals surface area contributed by atoms with Crippen LogP contribution in [0.15, 0.2) is 36.4 Å². The molecule has 0 aliphatic rings. The van der Waals surface area contributed by atoms with Crippen molar-refractivity contribution in [3.8, 4) is 11.1 Å². The van der Waals surface area contributed by atoms with Gasteiger partial charge < -0.3 is 4.79 Å². The van der Waals surface area contributed by atoms with E-state index in [1.807, 2.05) is 12.1 Å². The second-order valence-electron chi connectivity index (χ2n) is 4.29. The molecule has 3 rings (SSSR count). The predicted molar refractivity (Wildman–Crippen MR) is 79.8 cm³/mol. The van der Waals surface area contributed by atoms with Crippen molar-refractivity contribution in [3.05, 3.63) is 52.2 Å². The molecule has 2 aromatic carbocycles. The molecule has 0 fully saturated rings. The largest absolute Gasteiger partial charge is 0.303 e. The minimum absolute atomic E-state index is 0.283. The highest BCUT2D eigenvalue weighted by molar-refractivity contribution is 7.18. The lowest BCUT2D eigenvalue weighted by molar-refractivity contribution is -0.107. The number of aromatic nitrogens is 1. The smallest absolute Gasteiger partial charge is 0.126 e. The van der Waals surface area contributed by atoms with E-state index in [0.717, 1.165) is 27.1 Å². The Morgan fingerprint density at radius 2 is 2.10 bits per heavy atom. The number of fused-ring (bicyclic) bond motifs is 1. The number of halogens is 2. The summed E-state index contributed by atoms with van der Waals surface area (Å²) in [6.45, 7) is 0. The van der Waals surface area contributed by atoms with Crippen LogP contribution in [0, 0.1) is 5.82 Å². The van der Waals surface area contributed by atoms with Crippen LogP contribution in [0.5, 0.6) is 0 Å². The van der Waals surface area contributed by atoms with E-state index in [2.05, 4.69) is 4.98 Å². The lowest BCUT2D eigenvalue weighted by atomic mass is 10.1. The van der Waals surface area contributed by atoms with Crippen LogP contribution in [0.1, 0.15) is 5.01 Å². The summed E-state index contributed by atoms with van der Waals surface area (Å²) in [6.07, 6.45) is 1.10. The van der Waals surface area contributed by atoms with E-state index in [4.69, 9.17) is 11.6 Å². The second kappa shape index (κ2) is 5.31. The van der Waals surface area contributed by atoms with E-state index in [9.17, 15) is 9.18 Å². The van der Waals surface area contributed by atoms with Crippen molar-refractivity contribution in [2.45, 2.75) is 6.42 Å². The molecule has 0 spiro atoms. The lowest BCUT2D eigenvalue weighted by Crippen LogP contribution is -1.83. The molecule has 0 atom stereocenters. The van der Waals surface area contributed by atoms with Crippen LogP contribution in [0.4, 0.5) is 4.39 Å². The molecule has 20 heavy (non-hydrogen) atoms. The molecule has 0 unspecified atom stereocenters. The van der Waals surface area contributed by atoms with Gasteiger partial charge in [-0.15, -0.1) is 11.3 Å². The number of carbonyl (C=O) groups is 1. The number of nitrogens with zero attached hydrogens (tertiary/aromatic N) is 1. The van der Waals surface area contributed by atoms with Gasteiger partial charge in [-0.25, -0.2) is 9.37 Å². The summed E-state index contributed by atoms with van der Waals surface area (Å²) in [5, 5.41) is 1.24. The number of rotatable bonds is 3. The number of hydrogen-bond acceptors (Lipinski definition) is 3. The lowest BCUT2D eigenvalue weighted by Gasteiger charge is -2.03. The summed E-state index contributed by atoms with van der Waals surface area (Å²) in [4.78, 5) is 14.9. The van der Waals surface area contributed by atoms with Gasteiger partial charge in [-0.3, -0.25) is 0 Å². The standard InChI is InChI=1S/C15H9ClFNOS/c16-12-7-10(9-2-1-3-11(17)6-9)8-13-15(12)18-14(20-13)4-5-19/h1-3,5-8H,4H2. The van der Waals surface area contributed by atoms with E-state index in [1.54, 1.807) is 12.1 Å². The van der Waals surface area contributed by atoms with Gasteiger partial charge in [0.1, 0.15) is 22.6 Å². The Morgan fingerprint density at radius 1 is 1.25 bits per heavy atom. The molecule has 0 saturated heterocycles. The van der Waals surface area contributed by atoms with Gasteiger partial charge >= 0.3 is 0 Å². The van der Waals surface area contributed by atoms with Crippen LogP contribution < -0.4 is 0 Å². The second-order valence-corrected chi connectivity index (χ2v) is 5.82. The maximum atomic E-state index is 13.3. The SMILES string of the molecule is O=CCc1nc2c(Cl)cc(-c3cccc(F)c3)cc2s1. The zero-order valence-electron chi connectivity index (χ0n) is 10.3. The molecule has 0 aliphatic carbocycles. The minimum Gasteiger partial charge on any atom is -0.303 e. The summed E-state index contributed by atoms with van der Waals surface area (Å²) in [5.74, 6) is -0.287. The average molecular weight is 306 g/mol. The molecule has 0 bridgehead atoms. The molecule has 1 heterocycles. The topological polar surface area (TPSA) is 30.0 Å². The average Bonchev–Trinajstić information content (AvgIpc) is 2.82. The van der Waals surface area contributed by atoms with Gasteiger partial charge in [0.05, 0.1) is 16.1 Å². The Bertz CT molecular complexity index is 800. The van der Waals surface area contributed by atoms with Gasteiger partial charge in [0.15, 0.2) is 0 Å². The summed E-state index contributed by atoms with van der Waals surface area (Å²) in [7, 11) is 0. The van der Waals surface area contributed by atoms with Gasteiger partial charge in [-0.05, 0) is 35.4 Å². The number of aldehydes is 1. The molecule has 0 aliphatic heterocycles. The van der Waals surface area contributed by atoms with Gasteiger partial charge in [-0.2, -0.15) is 0 Å². The molecule has 0 amide bonds. The van der Waals surface area contributed by atoms with Crippen molar-refractivity contribution in [2.75, 3.05) is 0 Å². The molecule has 0 radical (unpaired) electrons. The first-order valence-electron chi connectivity index (χ1n) is 5.96. The van der Waals surface area contributed by atoms with E-state index in [0.29, 0.717) is 10.5 Å². The zero-order valence-corrected chi connectivity index (χ0v) is 11.8. The van der Waals surface area contributed by atoms with E-state index >= 15 is 0 Å². The molecule has 1 aromatic heterocycles. The van der Waals surface area contributed by atoms with E-state index in [-0.39, 0.29) is 12.2 Å². The highest BCUT2D eigenvalue weighted by Crippen LogP contribution is 2.34. The quantitative estimate of drug-likeness (QED) is 0.667. The Kier molecular flexibility index (Phi) is 3.51. The van der Waals surface area contributed by atoms with E-state index in [1.165, 1.54) is 23.5 Å². The third-order valence-corrected chi connectivity index (χ3v) is 4.22. The number of carbonyl (C=O) groups excluding carboxylic acids is 1. The monoisotopic (exact) mass is 305 g/mol. The molecular weight excluding hydrogens is 297 g/mol. The molecule has 2 nitrogen and oxygen atoms in total. The summed E-state index contributed by atoms with van der Waals surface area (Å²) in [5.41, 5.74) is 2.29. The normalized spacial score (nSPS) is 10.9. The van der Waals surface area contributed by atoms with Crippen LogP contribution in [-0.2, 0) is 11.2 Å². The molecule has 5 heteroatoms. The fourth-order valence-electron chi connectivity index (χ4n) is 2.03. The molecule has 0 N–H and O–H groups in total. The van der Waals surface area contributed by atoms with Crippen LogP contribution in [0.25, 0.3) is 21.3 Å². The van der Waals surface area contributed by atoms with E-state index < -0.39 is 0 Å². The Labute approximate surface area is 123 Å². The maximum Gasteiger partial charge on any atom is 0.126 e. The minimum atomic E-state index is -0.287. The first-order valence-corrected chi connectivity index (χ1v) is 7.15. The van der Waals surface area contributed by atoms with Crippen molar-refractivity contribution in [1.82, 2.24) is 4.98 Å². The Balaban J connectivity index is 2.15. The first-order chi connectivity index (χ1) is 9.67. The summed E-state index contributed by atoms with van der Waals surface area (Å²) in [6, 6.07) is 10.0. The first kappa shape index (κ1) is 13.2. The molecule has 0 saturated carbocycles. The Hall–Kier alpha value is -1.78. The van der Waals surface area contributed by atoms with Crippen molar-refractivity contribution in [2.24, 2.45) is 0 Å². The van der Waals surface area contributed by atoms with Crippen LogP contribution in [0.2, 0.25) is 5.02 Å². The van der Waals surface area contributed by atoms with Crippen LogP contribution in [-0.4, -0.2) is 11.3 Å². The third-order valence-electron chi connectivity index (χ3n) is 2.91. The van der Waals surface area contributed by atoms with Crippen LogP contribution in [0.3, 0.4) is 0 Å². The number of hydrogen-bond donors (Lipinski definition) is 0. The summed E-state index contributed by atoms with van der Waals surface area (Å²) < 4.78 is 14.2. The number of thiazole rings is 1. The molecular formula is C15H9ClFNOS. The zero-order chi connectivity index (χ0) is 14.1. The van der Waals surface area contributed by atoms with Crippen molar-refractivity contribution in [3.63, 3.8) is 0 Å². The number of benzene rings is 2. The predicted octanol–water partition coefficient (Wildman–Crippen LogP) is 4.50. The third kappa shape index (κ3) is 2.44. The van der Waals surface area contributed by atoms with Crippen molar-refractivity contribution < 1.29 is 9.18 Å². The van der Waals surface area contributed by atoms with Gasteiger partial charge in [0.2, 0.25) is 0 Å². The fraction of sp³-hybridized carbons (Fsp3) is 0.0667. The van der Waals surface area contributed by atoms with Crippen molar-refractivity contribution in [1.29, 1.82) is 0 Å². The van der Waals surface area contributed by atoms with Gasteiger partial charge in [0, 0.05) is 0 Å². The summed E-state index contributed by atoms with van der Waals surface area (Å²) >= 11 is 7.66. The Morgan fingerprint density at radius 3 is 2.85 bits per heavy atom. The highest BCUT2D eigenvalue weighted by atomic mass is 35.5. The van der Waals surface area contributed by atoms with Gasteiger partial charge in [0.25, 0.3) is 0 Å². The fourth-order valence-corrected chi connectivity index (χ4v) is 3.33. The molecule has 3 aromatic rings. The van der Waals surface area contributed by atoms with Crippen molar-refractivity contribution >= 4 is 39.4 Å². The molecule has 100 valence electrons. The maximum absolute atomic E-state index is 13.3. The van der Waals surface area contributed by atoms with Crippen LogP contribution >= 0.6 is 22.9 Å². The van der Waals surface area contributed by atoms with Gasteiger partial charge in [-0.1, -0.05) is 23.7 Å².